The molecule has 0 aromatic carbocycles. The first-order valence-corrected chi connectivity index (χ1v) is 3.99. The normalized spacial score (nSPS) is 10.6. The van der Waals surface area contributed by atoms with Crippen LogP contribution in [0.1, 0.15) is 21.9 Å². The van der Waals surface area contributed by atoms with E-state index in [1.165, 1.54) is 0 Å². The first kappa shape index (κ1) is 7.91. The highest BCUT2D eigenvalue weighted by molar-refractivity contribution is 5.72. The lowest BCUT2D eigenvalue weighted by Gasteiger charge is -1.98. The fraction of sp³-hybridized carbons (Fsp3) is 0.222. The van der Waals surface area contributed by atoms with Gasteiger partial charge in [0, 0.05) is 17.6 Å². The molecule has 0 atom stereocenters. The molecule has 0 aliphatic heterocycles. The number of hydrogen-bond acceptors (Lipinski definition) is 3. The molecule has 2 heterocycles. The molecule has 0 unspecified atom stereocenters. The summed E-state index contributed by atoms with van der Waals surface area (Å²) in [4.78, 5) is 18.7. The molecule has 0 aliphatic rings. The molecule has 4 nitrogen and oxygen atoms in total. The quantitative estimate of drug-likeness (QED) is 0.611. The second kappa shape index (κ2) is 2.65. The fourth-order valence-electron chi connectivity index (χ4n) is 1.35. The maximum atomic E-state index is 10.5. The minimum Gasteiger partial charge on any atom is -0.296 e. The van der Waals surface area contributed by atoms with Gasteiger partial charge in [-0.2, -0.15) is 0 Å². The van der Waals surface area contributed by atoms with Gasteiger partial charge in [-0.25, -0.2) is 9.97 Å². The molecule has 0 amide bonds. The van der Waals surface area contributed by atoms with Crippen LogP contribution in [0.25, 0.3) is 5.78 Å². The summed E-state index contributed by atoms with van der Waals surface area (Å²) >= 11 is 0. The van der Waals surface area contributed by atoms with Gasteiger partial charge in [0.1, 0.15) is 5.69 Å². The second-order valence-electron chi connectivity index (χ2n) is 2.99. The Kier molecular flexibility index (Phi) is 1.62. The first-order chi connectivity index (χ1) is 6.20. The number of imidazole rings is 1. The van der Waals surface area contributed by atoms with Gasteiger partial charge in [-0.15, -0.1) is 0 Å². The number of nitrogens with zero attached hydrogens (tertiary/aromatic N) is 3. The Morgan fingerprint density at radius 2 is 2.15 bits per heavy atom. The van der Waals surface area contributed by atoms with Crippen molar-refractivity contribution in [1.29, 1.82) is 0 Å². The van der Waals surface area contributed by atoms with Crippen molar-refractivity contribution in [3.05, 3.63) is 29.3 Å². The molecule has 2 aromatic heterocycles. The highest BCUT2D eigenvalue weighted by atomic mass is 16.1. The molecular weight excluding hydrogens is 166 g/mol. The Morgan fingerprint density at radius 3 is 2.85 bits per heavy atom. The molecule has 2 rings (SSSR count). The van der Waals surface area contributed by atoms with E-state index >= 15 is 0 Å². The van der Waals surface area contributed by atoms with Gasteiger partial charge in [0.15, 0.2) is 6.29 Å². The van der Waals surface area contributed by atoms with Crippen LogP contribution >= 0.6 is 0 Å². The van der Waals surface area contributed by atoms with Crippen molar-refractivity contribution in [2.45, 2.75) is 13.8 Å². The maximum absolute atomic E-state index is 10.5. The van der Waals surface area contributed by atoms with Gasteiger partial charge >= 0.3 is 0 Å². The smallest absolute Gasteiger partial charge is 0.234 e. The molecule has 0 aliphatic carbocycles. The van der Waals surface area contributed by atoms with E-state index in [0.29, 0.717) is 11.5 Å². The van der Waals surface area contributed by atoms with Crippen LogP contribution in [-0.4, -0.2) is 20.7 Å². The minimum absolute atomic E-state index is 0.418. The summed E-state index contributed by atoms with van der Waals surface area (Å²) in [6, 6.07) is 1.95. The molecule has 0 saturated heterocycles. The zero-order valence-electron chi connectivity index (χ0n) is 7.48. The number of hydrogen-bond donors (Lipinski definition) is 0. The molecule has 0 N–H and O–H groups in total. The molecule has 0 saturated carbocycles. The molecule has 4 heteroatoms. The number of aromatic nitrogens is 3. The van der Waals surface area contributed by atoms with Crippen LogP contribution in [0.3, 0.4) is 0 Å². The van der Waals surface area contributed by atoms with E-state index in [1.807, 2.05) is 19.9 Å². The van der Waals surface area contributed by atoms with E-state index in [2.05, 4.69) is 9.97 Å². The van der Waals surface area contributed by atoms with Crippen LogP contribution in [0.2, 0.25) is 0 Å². The molecule has 2 aromatic rings. The molecule has 66 valence electrons. The maximum Gasteiger partial charge on any atom is 0.234 e. The lowest BCUT2D eigenvalue weighted by Crippen LogP contribution is -1.94. The summed E-state index contributed by atoms with van der Waals surface area (Å²) in [5.41, 5.74) is 2.36. The summed E-state index contributed by atoms with van der Waals surface area (Å²) in [7, 11) is 0. The van der Waals surface area contributed by atoms with Crippen molar-refractivity contribution in [2.75, 3.05) is 0 Å². The van der Waals surface area contributed by atoms with Crippen LogP contribution in [0, 0.1) is 13.8 Å². The number of carbonyl (C=O) groups excluding carboxylic acids is 1. The van der Waals surface area contributed by atoms with Gasteiger partial charge in [0.05, 0.1) is 0 Å². The van der Waals surface area contributed by atoms with Gasteiger partial charge in [0.2, 0.25) is 5.78 Å². The topological polar surface area (TPSA) is 47.3 Å². The third-order valence-electron chi connectivity index (χ3n) is 1.90. The first-order valence-electron chi connectivity index (χ1n) is 3.99. The average Bonchev–Trinajstić information content (AvgIpc) is 2.47. The SMILES string of the molecule is Cc1cc(C)n2cc(C=O)nc2n1. The predicted molar refractivity (Wildman–Crippen MR) is 47.8 cm³/mol. The summed E-state index contributed by atoms with van der Waals surface area (Å²) < 4.78 is 1.80. The van der Waals surface area contributed by atoms with Crippen molar-refractivity contribution in [2.24, 2.45) is 0 Å². The fourth-order valence-corrected chi connectivity index (χ4v) is 1.35. The number of aldehydes is 1. The summed E-state index contributed by atoms with van der Waals surface area (Å²) in [5.74, 6) is 0.583. The summed E-state index contributed by atoms with van der Waals surface area (Å²) in [6.45, 7) is 3.86. The summed E-state index contributed by atoms with van der Waals surface area (Å²) in [6.07, 6.45) is 2.41. The lowest BCUT2D eigenvalue weighted by atomic mass is 10.3. The average molecular weight is 175 g/mol. The second-order valence-corrected chi connectivity index (χ2v) is 2.99. The van der Waals surface area contributed by atoms with E-state index in [9.17, 15) is 4.79 Å². The van der Waals surface area contributed by atoms with Gasteiger partial charge in [-0.3, -0.25) is 9.20 Å². The molecule has 0 spiro atoms. The van der Waals surface area contributed by atoms with E-state index in [4.69, 9.17) is 0 Å². The van der Waals surface area contributed by atoms with Crippen molar-refractivity contribution >= 4 is 12.1 Å². The highest BCUT2D eigenvalue weighted by Crippen LogP contribution is 2.06. The zero-order chi connectivity index (χ0) is 9.42. The Bertz CT molecular complexity index is 473. The number of aryl methyl sites for hydroxylation is 2. The Balaban J connectivity index is 2.82. The van der Waals surface area contributed by atoms with Gasteiger partial charge in [0.25, 0.3) is 0 Å². The Hall–Kier alpha value is -1.71. The van der Waals surface area contributed by atoms with Gasteiger partial charge in [-0.1, -0.05) is 0 Å². The Labute approximate surface area is 75.2 Å². The van der Waals surface area contributed by atoms with Crippen LogP contribution < -0.4 is 0 Å². The number of fused-ring (bicyclic) bond motifs is 1. The van der Waals surface area contributed by atoms with Crippen molar-refractivity contribution in [1.82, 2.24) is 14.4 Å². The predicted octanol–water partition coefficient (Wildman–Crippen LogP) is 1.16. The molecule has 0 bridgehead atoms. The minimum atomic E-state index is 0.418. The molecule has 13 heavy (non-hydrogen) atoms. The van der Waals surface area contributed by atoms with Gasteiger partial charge < -0.3 is 0 Å². The number of carbonyl (C=O) groups is 1. The largest absolute Gasteiger partial charge is 0.296 e. The van der Waals surface area contributed by atoms with Crippen LogP contribution in [0.15, 0.2) is 12.3 Å². The molecule has 0 radical (unpaired) electrons. The van der Waals surface area contributed by atoms with Crippen molar-refractivity contribution < 1.29 is 4.79 Å². The molecular formula is C9H9N3O. The van der Waals surface area contributed by atoms with Crippen molar-refractivity contribution in [3.63, 3.8) is 0 Å². The van der Waals surface area contributed by atoms with Gasteiger partial charge in [-0.05, 0) is 19.9 Å². The lowest BCUT2D eigenvalue weighted by molar-refractivity contribution is 0.111. The summed E-state index contributed by atoms with van der Waals surface area (Å²) in [5, 5.41) is 0. The van der Waals surface area contributed by atoms with E-state index < -0.39 is 0 Å². The number of rotatable bonds is 1. The zero-order valence-corrected chi connectivity index (χ0v) is 7.48. The van der Waals surface area contributed by atoms with Crippen LogP contribution in [0.5, 0.6) is 0 Å². The van der Waals surface area contributed by atoms with E-state index in [-0.39, 0.29) is 0 Å². The van der Waals surface area contributed by atoms with Crippen LogP contribution in [0.4, 0.5) is 0 Å². The highest BCUT2D eigenvalue weighted by Gasteiger charge is 2.03. The third kappa shape index (κ3) is 1.20. The van der Waals surface area contributed by atoms with E-state index in [0.717, 1.165) is 17.7 Å². The van der Waals surface area contributed by atoms with Crippen LogP contribution in [-0.2, 0) is 0 Å². The molecule has 0 fully saturated rings. The van der Waals surface area contributed by atoms with Crippen molar-refractivity contribution in [3.8, 4) is 0 Å². The van der Waals surface area contributed by atoms with E-state index in [1.54, 1.807) is 10.6 Å². The Morgan fingerprint density at radius 1 is 1.38 bits per heavy atom. The standard InChI is InChI=1S/C9H9N3O/c1-6-3-7(2)12-4-8(5-13)11-9(12)10-6/h3-5H,1-2H3. The third-order valence-corrected chi connectivity index (χ3v) is 1.90. The monoisotopic (exact) mass is 175 g/mol.